The van der Waals surface area contributed by atoms with E-state index in [1.54, 1.807) is 11.8 Å². The summed E-state index contributed by atoms with van der Waals surface area (Å²) in [4.78, 5) is 26.5. The van der Waals surface area contributed by atoms with Crippen LogP contribution in [0.1, 0.15) is 58.3 Å². The maximum Gasteiger partial charge on any atom is 0.155 e. The molecule has 29 heavy (non-hydrogen) atoms. The first-order valence-corrected chi connectivity index (χ1v) is 12.1. The van der Waals surface area contributed by atoms with E-state index in [1.165, 1.54) is 5.57 Å². The molecule has 0 bridgehead atoms. The van der Waals surface area contributed by atoms with Crippen LogP contribution in [0.5, 0.6) is 0 Å². The highest BCUT2D eigenvalue weighted by Gasteiger charge is 2.62. The van der Waals surface area contributed by atoms with Crippen LogP contribution in [0.2, 0.25) is 0 Å². The summed E-state index contributed by atoms with van der Waals surface area (Å²) in [6, 6.07) is 10.3. The molecule has 0 aliphatic heterocycles. The van der Waals surface area contributed by atoms with Crippen molar-refractivity contribution >= 4 is 23.3 Å². The Morgan fingerprint density at radius 2 is 1.79 bits per heavy atom. The second kappa shape index (κ2) is 7.09. The molecule has 0 spiro atoms. The molecule has 3 nitrogen and oxygen atoms in total. The maximum absolute atomic E-state index is 13.3. The number of carbonyl (C=O) groups excluding carboxylic acids is 2. The van der Waals surface area contributed by atoms with Gasteiger partial charge in [-0.2, -0.15) is 0 Å². The molecule has 0 radical (unpaired) electrons. The van der Waals surface area contributed by atoms with Crippen LogP contribution >= 0.6 is 11.8 Å². The molecule has 0 saturated heterocycles. The number of allylic oxidation sites excluding steroid dienone is 1. The van der Waals surface area contributed by atoms with E-state index in [2.05, 4.69) is 19.1 Å². The minimum absolute atomic E-state index is 0.144. The smallest absolute Gasteiger partial charge is 0.155 e. The van der Waals surface area contributed by atoms with Gasteiger partial charge in [0.1, 0.15) is 5.78 Å². The lowest BCUT2D eigenvalue weighted by molar-refractivity contribution is -0.134. The Morgan fingerprint density at radius 3 is 2.59 bits per heavy atom. The largest absolute Gasteiger partial charge is 0.318 e. The number of rotatable bonds is 3. The van der Waals surface area contributed by atoms with E-state index < -0.39 is 0 Å². The van der Waals surface area contributed by atoms with Gasteiger partial charge in [-0.15, -0.1) is 11.8 Å². The van der Waals surface area contributed by atoms with Gasteiger partial charge in [0.15, 0.2) is 5.78 Å². The van der Waals surface area contributed by atoms with Crippen LogP contribution < -0.4 is 5.73 Å². The normalized spacial score (nSPS) is 39.9. The molecule has 3 saturated carbocycles. The van der Waals surface area contributed by atoms with E-state index in [1.807, 2.05) is 24.3 Å². The first-order chi connectivity index (χ1) is 13.9. The number of ketones is 2. The Hall–Kier alpha value is -1.39. The fourth-order valence-electron chi connectivity index (χ4n) is 7.33. The fraction of sp³-hybridized carbons (Fsp3) is 0.600. The van der Waals surface area contributed by atoms with E-state index >= 15 is 0 Å². The van der Waals surface area contributed by atoms with E-state index in [9.17, 15) is 9.59 Å². The van der Waals surface area contributed by atoms with Crippen molar-refractivity contribution in [3.05, 3.63) is 42.0 Å². The molecule has 6 atom stereocenters. The lowest BCUT2D eigenvalue weighted by Gasteiger charge is -2.58. The Balaban J connectivity index is 1.46. The topological polar surface area (TPSA) is 60.2 Å². The Labute approximate surface area is 177 Å². The van der Waals surface area contributed by atoms with Crippen LogP contribution in [-0.2, 0) is 9.59 Å². The zero-order valence-corrected chi connectivity index (χ0v) is 18.0. The molecular weight excluding hydrogens is 378 g/mol. The van der Waals surface area contributed by atoms with Gasteiger partial charge in [-0.25, -0.2) is 0 Å². The third-order valence-corrected chi connectivity index (χ3v) is 10.0. The number of fused-ring (bicyclic) bond motifs is 5. The summed E-state index contributed by atoms with van der Waals surface area (Å²) in [6.07, 6.45) is 9.42. The molecule has 3 fully saturated rings. The third-order valence-electron chi connectivity index (χ3n) is 8.80. The van der Waals surface area contributed by atoms with Gasteiger partial charge < -0.3 is 5.73 Å². The molecule has 4 heteroatoms. The van der Waals surface area contributed by atoms with E-state index in [4.69, 9.17) is 5.73 Å². The number of hydrogen-bond donors (Lipinski definition) is 1. The number of nitrogens with two attached hydrogens (primary N) is 1. The molecule has 2 N–H and O–H groups in total. The Kier molecular flexibility index (Phi) is 4.78. The average molecular weight is 410 g/mol. The summed E-state index contributed by atoms with van der Waals surface area (Å²) in [5.41, 5.74) is 7.99. The van der Waals surface area contributed by atoms with Crippen LogP contribution in [0.3, 0.4) is 0 Å². The van der Waals surface area contributed by atoms with Gasteiger partial charge in [-0.05, 0) is 79.9 Å². The predicted molar refractivity (Wildman–Crippen MR) is 116 cm³/mol. The number of carbonyl (C=O) groups is 2. The van der Waals surface area contributed by atoms with Gasteiger partial charge in [0.05, 0.1) is 10.8 Å². The number of thioether (sulfide) groups is 1. The summed E-state index contributed by atoms with van der Waals surface area (Å²) in [7, 11) is 0. The average Bonchev–Trinajstić information content (AvgIpc) is 3.07. The molecule has 4 aliphatic carbocycles. The molecule has 0 amide bonds. The SMILES string of the molecule is C[C@]12CCC(=O)C=C1CC[C@@H]1[C@@H]2CC[C@]2(C(N)Sc3ccccc3)C(=O)CC[C@@H]12. The van der Waals surface area contributed by atoms with Crippen molar-refractivity contribution in [3.8, 4) is 0 Å². The summed E-state index contributed by atoms with van der Waals surface area (Å²) >= 11 is 1.68. The lowest BCUT2D eigenvalue weighted by Crippen LogP contribution is -2.56. The monoisotopic (exact) mass is 409 g/mol. The molecule has 1 aromatic carbocycles. The molecule has 5 rings (SSSR count). The van der Waals surface area contributed by atoms with Crippen molar-refractivity contribution < 1.29 is 9.59 Å². The molecular formula is C25H31NO2S. The Bertz CT molecular complexity index is 865. The van der Waals surface area contributed by atoms with Crippen molar-refractivity contribution in [2.24, 2.45) is 34.3 Å². The predicted octanol–water partition coefficient (Wildman–Crippen LogP) is 5.14. The Morgan fingerprint density at radius 1 is 1.00 bits per heavy atom. The second-order valence-electron chi connectivity index (χ2n) is 9.86. The van der Waals surface area contributed by atoms with Gasteiger partial charge in [0.25, 0.3) is 0 Å². The first-order valence-electron chi connectivity index (χ1n) is 11.2. The minimum atomic E-state index is -0.371. The zero-order valence-electron chi connectivity index (χ0n) is 17.2. The summed E-state index contributed by atoms with van der Waals surface area (Å²) in [6.45, 7) is 2.39. The van der Waals surface area contributed by atoms with Gasteiger partial charge in [-0.1, -0.05) is 30.7 Å². The van der Waals surface area contributed by atoms with Crippen LogP contribution in [0, 0.1) is 28.6 Å². The van der Waals surface area contributed by atoms with Crippen LogP contribution in [0.4, 0.5) is 0 Å². The molecule has 4 aliphatic rings. The molecule has 1 aromatic rings. The zero-order chi connectivity index (χ0) is 20.2. The summed E-state index contributed by atoms with van der Waals surface area (Å²) in [5.74, 6) is 2.26. The van der Waals surface area contributed by atoms with Crippen LogP contribution in [0.15, 0.2) is 46.9 Å². The summed E-state index contributed by atoms with van der Waals surface area (Å²) < 4.78 is 0. The molecule has 154 valence electrons. The van der Waals surface area contributed by atoms with E-state index in [-0.39, 0.29) is 16.2 Å². The highest BCUT2D eigenvalue weighted by Crippen LogP contribution is 2.66. The number of hydrogen-bond acceptors (Lipinski definition) is 4. The highest BCUT2D eigenvalue weighted by atomic mass is 32.2. The van der Waals surface area contributed by atoms with Gasteiger partial charge >= 0.3 is 0 Å². The maximum atomic E-state index is 13.3. The van der Waals surface area contributed by atoms with E-state index in [0.717, 1.165) is 43.4 Å². The van der Waals surface area contributed by atoms with Crippen molar-refractivity contribution in [2.75, 3.05) is 0 Å². The van der Waals surface area contributed by atoms with Crippen molar-refractivity contribution in [2.45, 2.75) is 68.6 Å². The molecule has 0 aromatic heterocycles. The lowest BCUT2D eigenvalue weighted by atomic mass is 9.47. The summed E-state index contributed by atoms with van der Waals surface area (Å²) in [5, 5.41) is -0.177. The van der Waals surface area contributed by atoms with E-state index in [0.29, 0.717) is 42.2 Å². The standard InChI is InChI=1S/C25H31NO2S/c1-24-13-11-17(27)15-16(24)7-8-19-20(24)12-14-25(21(19)9-10-22(25)28)23(26)29-18-5-3-2-4-6-18/h2-6,15,19-21,23H,7-14,26H2,1H3/t19-,20+,21+,23?,24+,25-/m1/s1. The van der Waals surface area contributed by atoms with Gasteiger partial charge in [0, 0.05) is 17.7 Å². The van der Waals surface area contributed by atoms with Crippen LogP contribution in [-0.4, -0.2) is 16.9 Å². The number of Topliss-reactive ketones (excluding diaryl/α,β-unsaturated/α-hetero) is 1. The van der Waals surface area contributed by atoms with Crippen molar-refractivity contribution in [1.82, 2.24) is 0 Å². The fourth-order valence-corrected chi connectivity index (χ4v) is 8.57. The highest BCUT2D eigenvalue weighted by molar-refractivity contribution is 8.00. The van der Waals surface area contributed by atoms with Gasteiger partial charge in [0.2, 0.25) is 0 Å². The third kappa shape index (κ3) is 2.90. The second-order valence-corrected chi connectivity index (χ2v) is 11.1. The van der Waals surface area contributed by atoms with Crippen molar-refractivity contribution in [1.29, 1.82) is 0 Å². The van der Waals surface area contributed by atoms with Gasteiger partial charge in [-0.3, -0.25) is 9.59 Å². The number of benzene rings is 1. The van der Waals surface area contributed by atoms with Crippen LogP contribution in [0.25, 0.3) is 0 Å². The molecule has 1 unspecified atom stereocenters. The quantitative estimate of drug-likeness (QED) is 0.554. The minimum Gasteiger partial charge on any atom is -0.318 e. The molecule has 0 heterocycles. The van der Waals surface area contributed by atoms with Crippen molar-refractivity contribution in [3.63, 3.8) is 0 Å². The first kappa shape index (κ1) is 19.6.